The van der Waals surface area contributed by atoms with Crippen molar-refractivity contribution in [2.24, 2.45) is 5.73 Å². The molecule has 0 bridgehead atoms. The molecule has 0 heterocycles. The summed E-state index contributed by atoms with van der Waals surface area (Å²) in [5.74, 6) is -0.198. The van der Waals surface area contributed by atoms with Gasteiger partial charge in [-0.1, -0.05) is 36.4 Å². The van der Waals surface area contributed by atoms with Crippen molar-refractivity contribution in [3.8, 4) is 0 Å². The highest BCUT2D eigenvalue weighted by Crippen LogP contribution is 2.23. The number of amides is 1. The number of hydrogen-bond donors (Lipinski definition) is 2. The maximum absolute atomic E-state index is 13.0. The van der Waals surface area contributed by atoms with E-state index in [1.54, 1.807) is 17.0 Å². The first kappa shape index (κ1) is 19.5. The summed E-state index contributed by atoms with van der Waals surface area (Å²) < 4.78 is 27.5. The zero-order valence-corrected chi connectivity index (χ0v) is 16.0. The molecule has 2 aromatic carbocycles. The van der Waals surface area contributed by atoms with E-state index < -0.39 is 10.0 Å². The van der Waals surface area contributed by atoms with Crippen molar-refractivity contribution >= 4 is 15.9 Å². The van der Waals surface area contributed by atoms with Gasteiger partial charge in [0.05, 0.1) is 4.90 Å². The van der Waals surface area contributed by atoms with E-state index in [1.807, 2.05) is 30.3 Å². The Labute approximate surface area is 160 Å². The second-order valence-corrected chi connectivity index (χ2v) is 8.49. The minimum atomic E-state index is -3.60. The number of carbonyl (C=O) groups excluding carboxylic acids is 1. The Balaban J connectivity index is 1.81. The van der Waals surface area contributed by atoms with Gasteiger partial charge in [0.2, 0.25) is 10.0 Å². The third-order valence-corrected chi connectivity index (χ3v) is 5.94. The average Bonchev–Trinajstić information content (AvgIpc) is 3.49. The summed E-state index contributed by atoms with van der Waals surface area (Å²) in [6, 6.07) is 16.0. The van der Waals surface area contributed by atoms with Gasteiger partial charge in [-0.15, -0.1) is 0 Å². The third kappa shape index (κ3) is 5.38. The third-order valence-electron chi connectivity index (χ3n) is 4.43. The molecule has 3 rings (SSSR count). The molecule has 0 radical (unpaired) electrons. The van der Waals surface area contributed by atoms with Crippen LogP contribution in [0, 0.1) is 0 Å². The Bertz CT molecular complexity index is 880. The van der Waals surface area contributed by atoms with E-state index in [9.17, 15) is 13.2 Å². The lowest BCUT2D eigenvalue weighted by molar-refractivity contribution is 0.0742. The normalized spacial score (nSPS) is 14.1. The fourth-order valence-corrected chi connectivity index (χ4v) is 4.16. The van der Waals surface area contributed by atoms with Gasteiger partial charge in [0, 0.05) is 24.7 Å². The molecule has 144 valence electrons. The number of nitrogens with one attached hydrogen (secondary N) is 1. The van der Waals surface area contributed by atoms with Crippen LogP contribution in [0.2, 0.25) is 0 Å². The number of nitrogens with two attached hydrogens (primary N) is 1. The van der Waals surface area contributed by atoms with Crippen molar-refractivity contribution in [2.75, 3.05) is 13.1 Å². The average molecular weight is 388 g/mol. The smallest absolute Gasteiger partial charge is 0.254 e. The van der Waals surface area contributed by atoms with Crippen molar-refractivity contribution in [3.05, 3.63) is 65.7 Å². The minimum absolute atomic E-state index is 0.0218. The van der Waals surface area contributed by atoms with Crippen LogP contribution in [0.25, 0.3) is 0 Å². The summed E-state index contributed by atoms with van der Waals surface area (Å²) in [4.78, 5) is 14.9. The topological polar surface area (TPSA) is 92.5 Å². The largest absolute Gasteiger partial charge is 0.334 e. The molecule has 1 saturated carbocycles. The van der Waals surface area contributed by atoms with Gasteiger partial charge in [-0.05, 0) is 49.6 Å². The van der Waals surface area contributed by atoms with Crippen LogP contribution in [-0.4, -0.2) is 38.4 Å². The van der Waals surface area contributed by atoms with Crippen LogP contribution < -0.4 is 10.5 Å². The van der Waals surface area contributed by atoms with E-state index in [-0.39, 0.29) is 16.8 Å². The first-order valence-corrected chi connectivity index (χ1v) is 10.6. The molecule has 1 amide bonds. The second-order valence-electron chi connectivity index (χ2n) is 6.78. The number of hydrogen-bond acceptors (Lipinski definition) is 4. The predicted molar refractivity (Wildman–Crippen MR) is 105 cm³/mol. The summed E-state index contributed by atoms with van der Waals surface area (Å²) in [5.41, 5.74) is 7.00. The molecule has 1 aliphatic carbocycles. The molecule has 0 unspecified atom stereocenters. The standard InChI is InChI=1S/C20H25N3O3S/c21-12-5-13-23(15-16-6-2-1-3-7-16)20(24)17-8-4-9-19(14-17)27(25,26)22-18-10-11-18/h1-4,6-9,14,18,22H,5,10-13,15,21H2. The van der Waals surface area contributed by atoms with Gasteiger partial charge in [-0.2, -0.15) is 0 Å². The molecule has 27 heavy (non-hydrogen) atoms. The lowest BCUT2D eigenvalue weighted by Gasteiger charge is -2.23. The van der Waals surface area contributed by atoms with Crippen molar-refractivity contribution in [1.29, 1.82) is 0 Å². The molecule has 0 spiro atoms. The molecule has 7 heteroatoms. The number of benzene rings is 2. The first-order valence-electron chi connectivity index (χ1n) is 9.15. The zero-order valence-electron chi connectivity index (χ0n) is 15.2. The van der Waals surface area contributed by atoms with Gasteiger partial charge in [0.15, 0.2) is 0 Å². The number of rotatable bonds is 9. The van der Waals surface area contributed by atoms with Crippen LogP contribution >= 0.6 is 0 Å². The molecule has 0 aliphatic heterocycles. The van der Waals surface area contributed by atoms with Gasteiger partial charge in [0.25, 0.3) is 5.91 Å². The van der Waals surface area contributed by atoms with Crippen LogP contribution in [0.1, 0.15) is 35.2 Å². The second kappa shape index (κ2) is 8.65. The summed E-state index contributed by atoms with van der Waals surface area (Å²) in [7, 11) is -3.60. The van der Waals surface area contributed by atoms with E-state index in [1.165, 1.54) is 12.1 Å². The van der Waals surface area contributed by atoms with Crippen molar-refractivity contribution in [1.82, 2.24) is 9.62 Å². The highest BCUT2D eigenvalue weighted by Gasteiger charge is 2.28. The summed E-state index contributed by atoms with van der Waals surface area (Å²) in [6.07, 6.45) is 2.41. The molecule has 0 atom stereocenters. The monoisotopic (exact) mass is 387 g/mol. The molecule has 2 aromatic rings. The highest BCUT2D eigenvalue weighted by molar-refractivity contribution is 7.89. The first-order chi connectivity index (χ1) is 13.0. The molecular formula is C20H25N3O3S. The molecule has 0 saturated heterocycles. The Hall–Kier alpha value is -2.22. The van der Waals surface area contributed by atoms with Crippen LogP contribution in [0.3, 0.4) is 0 Å². The van der Waals surface area contributed by atoms with E-state index >= 15 is 0 Å². The zero-order chi connectivity index (χ0) is 19.3. The lowest BCUT2D eigenvalue weighted by Crippen LogP contribution is -2.33. The van der Waals surface area contributed by atoms with Crippen LogP contribution in [0.5, 0.6) is 0 Å². The molecule has 1 fully saturated rings. The van der Waals surface area contributed by atoms with Gasteiger partial charge >= 0.3 is 0 Å². The molecule has 0 aromatic heterocycles. The highest BCUT2D eigenvalue weighted by atomic mass is 32.2. The van der Waals surface area contributed by atoms with E-state index in [0.29, 0.717) is 31.6 Å². The van der Waals surface area contributed by atoms with Gasteiger partial charge in [0.1, 0.15) is 0 Å². The summed E-state index contributed by atoms with van der Waals surface area (Å²) in [6.45, 7) is 1.46. The maximum atomic E-state index is 13.0. The predicted octanol–water partition coefficient (Wildman–Crippen LogP) is 2.12. The summed E-state index contributed by atoms with van der Waals surface area (Å²) >= 11 is 0. The number of sulfonamides is 1. The Kier molecular flexibility index (Phi) is 6.26. The van der Waals surface area contributed by atoms with Gasteiger partial charge < -0.3 is 10.6 Å². The minimum Gasteiger partial charge on any atom is -0.334 e. The SMILES string of the molecule is NCCCN(Cc1ccccc1)C(=O)c1cccc(S(=O)(=O)NC2CC2)c1. The Morgan fingerprint density at radius 1 is 1.11 bits per heavy atom. The maximum Gasteiger partial charge on any atom is 0.254 e. The van der Waals surface area contributed by atoms with E-state index in [4.69, 9.17) is 5.73 Å². The number of carbonyl (C=O) groups is 1. The van der Waals surface area contributed by atoms with E-state index in [2.05, 4.69) is 4.72 Å². The molecular weight excluding hydrogens is 362 g/mol. The van der Waals surface area contributed by atoms with Crippen LogP contribution in [0.4, 0.5) is 0 Å². The van der Waals surface area contributed by atoms with Crippen molar-refractivity contribution in [2.45, 2.75) is 36.7 Å². The lowest BCUT2D eigenvalue weighted by atomic mass is 10.1. The quantitative estimate of drug-likeness (QED) is 0.689. The molecule has 6 nitrogen and oxygen atoms in total. The Morgan fingerprint density at radius 2 is 1.85 bits per heavy atom. The van der Waals surface area contributed by atoms with Crippen molar-refractivity contribution < 1.29 is 13.2 Å². The number of nitrogens with zero attached hydrogens (tertiary/aromatic N) is 1. The van der Waals surface area contributed by atoms with Gasteiger partial charge in [-0.3, -0.25) is 4.79 Å². The fourth-order valence-electron chi connectivity index (χ4n) is 2.81. The van der Waals surface area contributed by atoms with Gasteiger partial charge in [-0.25, -0.2) is 13.1 Å². The van der Waals surface area contributed by atoms with Crippen LogP contribution in [0.15, 0.2) is 59.5 Å². The molecule has 3 N–H and O–H groups in total. The van der Waals surface area contributed by atoms with E-state index in [0.717, 1.165) is 18.4 Å². The fraction of sp³-hybridized carbons (Fsp3) is 0.350. The summed E-state index contributed by atoms with van der Waals surface area (Å²) in [5, 5.41) is 0. The molecule has 1 aliphatic rings. The Morgan fingerprint density at radius 3 is 2.52 bits per heavy atom. The van der Waals surface area contributed by atoms with Crippen LogP contribution in [-0.2, 0) is 16.6 Å². The van der Waals surface area contributed by atoms with Crippen molar-refractivity contribution in [3.63, 3.8) is 0 Å².